The topological polar surface area (TPSA) is 38.3 Å². The van der Waals surface area contributed by atoms with E-state index in [0.29, 0.717) is 17.8 Å². The molecular weight excluding hydrogens is 294 g/mol. The van der Waals surface area contributed by atoms with Gasteiger partial charge in [0.2, 0.25) is 5.91 Å². The SMILES string of the molecule is CCCC(Br)CNC(=O)Cc1ccccc1OC. The minimum absolute atomic E-state index is 0.0278. The van der Waals surface area contributed by atoms with Crippen LogP contribution in [0.15, 0.2) is 24.3 Å². The summed E-state index contributed by atoms with van der Waals surface area (Å²) in [5, 5.41) is 2.93. The molecule has 0 aromatic heterocycles. The van der Waals surface area contributed by atoms with Crippen LogP contribution < -0.4 is 10.1 Å². The molecule has 0 aliphatic carbocycles. The summed E-state index contributed by atoms with van der Waals surface area (Å²) in [6, 6.07) is 7.59. The number of rotatable bonds is 7. The van der Waals surface area contributed by atoms with Gasteiger partial charge in [-0.05, 0) is 12.5 Å². The molecule has 0 saturated carbocycles. The molecular formula is C14H20BrNO2. The van der Waals surface area contributed by atoms with Crippen molar-refractivity contribution in [3.63, 3.8) is 0 Å². The highest BCUT2D eigenvalue weighted by molar-refractivity contribution is 9.09. The maximum absolute atomic E-state index is 11.8. The summed E-state index contributed by atoms with van der Waals surface area (Å²) < 4.78 is 5.22. The fourth-order valence-corrected chi connectivity index (χ4v) is 2.34. The van der Waals surface area contributed by atoms with Gasteiger partial charge < -0.3 is 10.1 Å². The first-order valence-electron chi connectivity index (χ1n) is 6.20. The van der Waals surface area contributed by atoms with Crippen molar-refractivity contribution in [2.24, 2.45) is 0 Å². The second-order valence-corrected chi connectivity index (χ2v) is 5.47. The van der Waals surface area contributed by atoms with Crippen LogP contribution in [0.4, 0.5) is 0 Å². The Morgan fingerprint density at radius 1 is 1.44 bits per heavy atom. The second-order valence-electron chi connectivity index (χ2n) is 4.18. The van der Waals surface area contributed by atoms with Gasteiger partial charge in [0.15, 0.2) is 0 Å². The number of ether oxygens (including phenoxy) is 1. The molecule has 0 heterocycles. The molecule has 1 atom stereocenters. The largest absolute Gasteiger partial charge is 0.496 e. The summed E-state index contributed by atoms with van der Waals surface area (Å²) in [6.07, 6.45) is 2.53. The molecule has 0 fully saturated rings. The lowest BCUT2D eigenvalue weighted by molar-refractivity contribution is -0.120. The first-order valence-corrected chi connectivity index (χ1v) is 7.11. The molecule has 0 bridgehead atoms. The van der Waals surface area contributed by atoms with Crippen LogP contribution in [0, 0.1) is 0 Å². The lowest BCUT2D eigenvalue weighted by Crippen LogP contribution is -2.30. The van der Waals surface area contributed by atoms with Gasteiger partial charge in [-0.15, -0.1) is 0 Å². The third-order valence-corrected chi connectivity index (χ3v) is 3.45. The molecule has 1 aromatic rings. The highest BCUT2D eigenvalue weighted by Gasteiger charge is 2.09. The molecule has 0 spiro atoms. The Morgan fingerprint density at radius 3 is 2.83 bits per heavy atom. The van der Waals surface area contributed by atoms with E-state index in [1.54, 1.807) is 7.11 Å². The number of methoxy groups -OCH3 is 1. The molecule has 0 radical (unpaired) electrons. The van der Waals surface area contributed by atoms with Crippen molar-refractivity contribution in [3.05, 3.63) is 29.8 Å². The van der Waals surface area contributed by atoms with Crippen LogP contribution in [0.1, 0.15) is 25.3 Å². The van der Waals surface area contributed by atoms with Gasteiger partial charge in [0, 0.05) is 16.9 Å². The number of hydrogen-bond acceptors (Lipinski definition) is 2. The third-order valence-electron chi connectivity index (χ3n) is 2.67. The van der Waals surface area contributed by atoms with Crippen LogP contribution in [0.2, 0.25) is 0 Å². The van der Waals surface area contributed by atoms with E-state index in [-0.39, 0.29) is 5.91 Å². The molecule has 3 nitrogen and oxygen atoms in total. The van der Waals surface area contributed by atoms with Gasteiger partial charge in [0.1, 0.15) is 5.75 Å². The van der Waals surface area contributed by atoms with Crippen molar-refractivity contribution in [1.29, 1.82) is 0 Å². The number of halogens is 1. The van der Waals surface area contributed by atoms with Gasteiger partial charge in [-0.3, -0.25) is 4.79 Å². The average Bonchev–Trinajstić information content (AvgIpc) is 2.37. The van der Waals surface area contributed by atoms with Crippen LogP contribution in [0.5, 0.6) is 5.75 Å². The Bertz CT molecular complexity index is 382. The molecule has 1 aromatic carbocycles. The van der Waals surface area contributed by atoms with Crippen LogP contribution in [0.25, 0.3) is 0 Å². The normalized spacial score (nSPS) is 11.9. The third kappa shape index (κ3) is 5.08. The molecule has 1 rings (SSSR count). The van der Waals surface area contributed by atoms with Crippen molar-refractivity contribution in [2.75, 3.05) is 13.7 Å². The lowest BCUT2D eigenvalue weighted by atomic mass is 10.1. The minimum Gasteiger partial charge on any atom is -0.496 e. The van der Waals surface area contributed by atoms with E-state index in [1.165, 1.54) is 0 Å². The molecule has 1 unspecified atom stereocenters. The summed E-state index contributed by atoms with van der Waals surface area (Å²) >= 11 is 3.54. The highest BCUT2D eigenvalue weighted by Crippen LogP contribution is 2.17. The maximum atomic E-state index is 11.8. The quantitative estimate of drug-likeness (QED) is 0.786. The molecule has 0 aliphatic heterocycles. The summed E-state index contributed by atoms with van der Waals surface area (Å²) in [5.74, 6) is 0.789. The van der Waals surface area contributed by atoms with Gasteiger partial charge in [0.25, 0.3) is 0 Å². The van der Waals surface area contributed by atoms with E-state index in [0.717, 1.165) is 24.2 Å². The van der Waals surface area contributed by atoms with Crippen LogP contribution in [0.3, 0.4) is 0 Å². The predicted molar refractivity (Wildman–Crippen MR) is 77.3 cm³/mol. The van der Waals surface area contributed by atoms with Crippen molar-refractivity contribution < 1.29 is 9.53 Å². The Morgan fingerprint density at radius 2 is 2.17 bits per heavy atom. The number of nitrogens with one attached hydrogen (secondary N) is 1. The summed E-state index contributed by atoms with van der Waals surface area (Å²) in [6.45, 7) is 2.80. The average molecular weight is 314 g/mol. The summed E-state index contributed by atoms with van der Waals surface area (Å²) in [7, 11) is 1.62. The molecule has 18 heavy (non-hydrogen) atoms. The fourth-order valence-electron chi connectivity index (χ4n) is 1.72. The van der Waals surface area contributed by atoms with Gasteiger partial charge >= 0.3 is 0 Å². The van der Waals surface area contributed by atoms with Gasteiger partial charge in [-0.2, -0.15) is 0 Å². The van der Waals surface area contributed by atoms with E-state index >= 15 is 0 Å². The zero-order chi connectivity index (χ0) is 13.4. The van der Waals surface area contributed by atoms with Crippen molar-refractivity contribution in [2.45, 2.75) is 31.0 Å². The zero-order valence-corrected chi connectivity index (χ0v) is 12.5. The Hall–Kier alpha value is -1.03. The van der Waals surface area contributed by atoms with Crippen molar-refractivity contribution in [3.8, 4) is 5.75 Å². The van der Waals surface area contributed by atoms with Crippen molar-refractivity contribution in [1.82, 2.24) is 5.32 Å². The number of carbonyl (C=O) groups excluding carboxylic acids is 1. The van der Waals surface area contributed by atoms with E-state index in [4.69, 9.17) is 4.74 Å². The number of benzene rings is 1. The van der Waals surface area contributed by atoms with Crippen LogP contribution >= 0.6 is 15.9 Å². The van der Waals surface area contributed by atoms with E-state index < -0.39 is 0 Å². The van der Waals surface area contributed by atoms with Crippen LogP contribution in [-0.4, -0.2) is 24.4 Å². The first kappa shape index (κ1) is 15.0. The van der Waals surface area contributed by atoms with Gasteiger partial charge in [0.05, 0.1) is 13.5 Å². The minimum atomic E-state index is 0.0278. The van der Waals surface area contributed by atoms with E-state index in [9.17, 15) is 4.79 Å². The number of amides is 1. The van der Waals surface area contributed by atoms with Crippen LogP contribution in [-0.2, 0) is 11.2 Å². The number of carbonyl (C=O) groups is 1. The first-order chi connectivity index (χ1) is 8.67. The molecule has 1 amide bonds. The Labute approximate surface area is 117 Å². The molecule has 0 saturated heterocycles. The predicted octanol–water partition coefficient (Wildman–Crippen LogP) is 2.92. The smallest absolute Gasteiger partial charge is 0.224 e. The summed E-state index contributed by atoms with van der Waals surface area (Å²) in [4.78, 5) is 12.2. The zero-order valence-electron chi connectivity index (χ0n) is 10.9. The molecule has 100 valence electrons. The molecule has 4 heteroatoms. The van der Waals surface area contributed by atoms with Crippen molar-refractivity contribution >= 4 is 21.8 Å². The number of alkyl halides is 1. The standard InChI is InChI=1S/C14H20BrNO2/c1-3-6-12(15)10-16-14(17)9-11-7-4-5-8-13(11)18-2/h4-5,7-8,12H,3,6,9-10H2,1-2H3,(H,16,17). The Kier molecular flexibility index (Phi) is 6.80. The second kappa shape index (κ2) is 8.14. The molecule has 1 N–H and O–H groups in total. The van der Waals surface area contributed by atoms with E-state index in [2.05, 4.69) is 28.2 Å². The monoisotopic (exact) mass is 313 g/mol. The fraction of sp³-hybridized carbons (Fsp3) is 0.500. The van der Waals surface area contributed by atoms with E-state index in [1.807, 2.05) is 24.3 Å². The van der Waals surface area contributed by atoms with Gasteiger partial charge in [-0.25, -0.2) is 0 Å². The van der Waals surface area contributed by atoms with Gasteiger partial charge in [-0.1, -0.05) is 47.5 Å². The lowest BCUT2D eigenvalue weighted by Gasteiger charge is -2.11. The summed E-state index contributed by atoms with van der Waals surface area (Å²) in [5.41, 5.74) is 0.916. The number of para-hydroxylation sites is 1. The Balaban J connectivity index is 2.44. The molecule has 0 aliphatic rings. The number of hydrogen-bond donors (Lipinski definition) is 1. The maximum Gasteiger partial charge on any atom is 0.224 e. The highest BCUT2D eigenvalue weighted by atomic mass is 79.9.